The molecule has 1 aliphatic rings. The second-order valence-electron chi connectivity index (χ2n) is 6.57. The molecular weight excluding hydrogens is 354 g/mol. The van der Waals surface area contributed by atoms with Crippen molar-refractivity contribution in [2.24, 2.45) is 7.05 Å². The molecule has 3 aromatic rings. The summed E-state index contributed by atoms with van der Waals surface area (Å²) in [7, 11) is 1.66. The minimum absolute atomic E-state index is 0.284. The minimum atomic E-state index is -0.342. The van der Waals surface area contributed by atoms with Gasteiger partial charge in [0, 0.05) is 37.4 Å². The second-order valence-corrected chi connectivity index (χ2v) is 6.97. The number of hydrogen-bond donors (Lipinski definition) is 0. The van der Waals surface area contributed by atoms with Gasteiger partial charge in [0.05, 0.1) is 0 Å². The van der Waals surface area contributed by atoms with Crippen LogP contribution in [0.3, 0.4) is 0 Å². The topological polar surface area (TPSA) is 65.1 Å². The van der Waals surface area contributed by atoms with E-state index in [9.17, 15) is 9.59 Å². The molecule has 0 atom stereocenters. The Kier molecular flexibility index (Phi) is 3.91. The maximum Gasteiger partial charge on any atom is 0.332 e. The van der Waals surface area contributed by atoms with E-state index in [1.807, 2.05) is 29.7 Å². The molecule has 2 aromatic heterocycles. The van der Waals surface area contributed by atoms with Gasteiger partial charge in [-0.1, -0.05) is 17.7 Å². The summed E-state index contributed by atoms with van der Waals surface area (Å²) in [6.07, 6.45) is 0.873. The zero-order chi connectivity index (χ0) is 18.6. The van der Waals surface area contributed by atoms with Crippen LogP contribution < -0.4 is 16.1 Å². The number of fused-ring (bicyclic) bond motifs is 3. The third-order valence-corrected chi connectivity index (χ3v) is 5.41. The number of benzene rings is 1. The summed E-state index contributed by atoms with van der Waals surface area (Å²) in [6, 6.07) is 5.88. The summed E-state index contributed by atoms with van der Waals surface area (Å²) >= 11 is 6.30. The highest BCUT2D eigenvalue weighted by molar-refractivity contribution is 6.31. The molecule has 0 N–H and O–H groups in total. The van der Waals surface area contributed by atoms with Gasteiger partial charge in [-0.05, 0) is 38.0 Å². The standard InChI is InChI=1S/C18H20ClN5O2/c1-4-22-16(25)14-15(21(3)18(22)26)20-17-23(8-5-9-24(14)17)12-7-6-11(2)13(19)10-12/h6-7,10H,4-5,8-9H2,1-3H3. The van der Waals surface area contributed by atoms with E-state index in [1.165, 1.54) is 9.13 Å². The number of hydrogen-bond acceptors (Lipinski definition) is 4. The van der Waals surface area contributed by atoms with Crippen molar-refractivity contribution in [1.82, 2.24) is 18.7 Å². The quantitative estimate of drug-likeness (QED) is 0.692. The van der Waals surface area contributed by atoms with Gasteiger partial charge in [-0.3, -0.25) is 13.9 Å². The molecule has 0 saturated heterocycles. The minimum Gasteiger partial charge on any atom is -0.312 e. The average molecular weight is 374 g/mol. The summed E-state index contributed by atoms with van der Waals surface area (Å²) in [6.45, 7) is 5.56. The Bertz CT molecular complexity index is 1140. The van der Waals surface area contributed by atoms with Crippen LogP contribution in [0.25, 0.3) is 11.2 Å². The van der Waals surface area contributed by atoms with E-state index in [0.29, 0.717) is 35.2 Å². The Labute approximate surface area is 155 Å². The first kappa shape index (κ1) is 16.9. The van der Waals surface area contributed by atoms with E-state index in [1.54, 1.807) is 14.0 Å². The third-order valence-electron chi connectivity index (χ3n) is 5.00. The van der Waals surface area contributed by atoms with Gasteiger partial charge in [0.25, 0.3) is 5.56 Å². The third kappa shape index (κ3) is 2.30. The monoisotopic (exact) mass is 373 g/mol. The van der Waals surface area contributed by atoms with Crippen molar-refractivity contribution in [1.29, 1.82) is 0 Å². The number of aromatic nitrogens is 4. The van der Waals surface area contributed by atoms with Gasteiger partial charge < -0.3 is 9.47 Å². The molecule has 26 heavy (non-hydrogen) atoms. The van der Waals surface area contributed by atoms with Crippen LogP contribution in [-0.2, 0) is 20.1 Å². The molecule has 0 unspecified atom stereocenters. The van der Waals surface area contributed by atoms with Gasteiger partial charge in [0.2, 0.25) is 5.95 Å². The number of rotatable bonds is 2. The molecule has 0 saturated carbocycles. The zero-order valence-corrected chi connectivity index (χ0v) is 15.7. The summed E-state index contributed by atoms with van der Waals surface area (Å²) < 4.78 is 4.62. The van der Waals surface area contributed by atoms with Gasteiger partial charge >= 0.3 is 5.69 Å². The van der Waals surface area contributed by atoms with E-state index in [0.717, 1.165) is 24.2 Å². The van der Waals surface area contributed by atoms with Gasteiger partial charge in [-0.15, -0.1) is 0 Å². The van der Waals surface area contributed by atoms with E-state index in [-0.39, 0.29) is 11.2 Å². The summed E-state index contributed by atoms with van der Waals surface area (Å²) in [5, 5.41) is 0.691. The van der Waals surface area contributed by atoms with Gasteiger partial charge in [0.1, 0.15) is 0 Å². The lowest BCUT2D eigenvalue weighted by atomic mass is 10.2. The van der Waals surface area contributed by atoms with Crippen molar-refractivity contribution in [2.45, 2.75) is 33.4 Å². The van der Waals surface area contributed by atoms with E-state index in [2.05, 4.69) is 9.88 Å². The molecule has 0 aliphatic carbocycles. The van der Waals surface area contributed by atoms with Crippen molar-refractivity contribution in [3.8, 4) is 0 Å². The SMILES string of the molecule is CCn1c(=O)c2c(nc3n2CCCN3c2ccc(C)c(Cl)c2)n(C)c1=O. The first-order valence-corrected chi connectivity index (χ1v) is 9.05. The van der Waals surface area contributed by atoms with Crippen molar-refractivity contribution >= 4 is 34.4 Å². The van der Waals surface area contributed by atoms with Gasteiger partial charge in [-0.2, -0.15) is 4.98 Å². The summed E-state index contributed by atoms with van der Waals surface area (Å²) in [4.78, 5) is 32.0. The molecule has 0 spiro atoms. The first-order chi connectivity index (χ1) is 12.4. The van der Waals surface area contributed by atoms with Crippen LogP contribution in [0, 0.1) is 6.92 Å². The lowest BCUT2D eigenvalue weighted by Gasteiger charge is -2.29. The Morgan fingerprint density at radius 1 is 1.23 bits per heavy atom. The van der Waals surface area contributed by atoms with Crippen LogP contribution >= 0.6 is 11.6 Å². The molecule has 0 amide bonds. The number of aryl methyl sites for hydroxylation is 3. The first-order valence-electron chi connectivity index (χ1n) is 8.67. The number of imidazole rings is 1. The van der Waals surface area contributed by atoms with Gasteiger partial charge in [0.15, 0.2) is 11.2 Å². The normalized spacial score (nSPS) is 14.1. The Morgan fingerprint density at radius 2 is 2.00 bits per heavy atom. The molecule has 136 valence electrons. The predicted octanol–water partition coefficient (Wildman–Crippen LogP) is 2.42. The fraction of sp³-hybridized carbons (Fsp3) is 0.389. The van der Waals surface area contributed by atoms with E-state index >= 15 is 0 Å². The van der Waals surface area contributed by atoms with Crippen molar-refractivity contribution in [3.05, 3.63) is 49.6 Å². The highest BCUT2D eigenvalue weighted by Crippen LogP contribution is 2.32. The van der Waals surface area contributed by atoms with Crippen LogP contribution in [0.15, 0.2) is 27.8 Å². The van der Waals surface area contributed by atoms with Crippen molar-refractivity contribution < 1.29 is 0 Å². The number of anilines is 2. The molecular formula is C18H20ClN5O2. The Hall–Kier alpha value is -2.54. The maximum atomic E-state index is 12.9. The Balaban J connectivity index is 2.00. The smallest absolute Gasteiger partial charge is 0.312 e. The molecule has 8 heteroatoms. The molecule has 1 aromatic carbocycles. The summed E-state index contributed by atoms with van der Waals surface area (Å²) in [5.41, 5.74) is 2.21. The predicted molar refractivity (Wildman–Crippen MR) is 103 cm³/mol. The molecule has 1 aliphatic heterocycles. The van der Waals surface area contributed by atoms with Gasteiger partial charge in [-0.25, -0.2) is 4.79 Å². The fourth-order valence-electron chi connectivity index (χ4n) is 3.54. The zero-order valence-electron chi connectivity index (χ0n) is 15.0. The van der Waals surface area contributed by atoms with Crippen molar-refractivity contribution in [3.63, 3.8) is 0 Å². The van der Waals surface area contributed by atoms with Crippen LogP contribution in [0.1, 0.15) is 18.9 Å². The number of nitrogens with zero attached hydrogens (tertiary/aromatic N) is 5. The van der Waals surface area contributed by atoms with Crippen LogP contribution in [0.4, 0.5) is 11.6 Å². The average Bonchev–Trinajstić information content (AvgIpc) is 3.02. The highest BCUT2D eigenvalue weighted by Gasteiger charge is 2.26. The van der Waals surface area contributed by atoms with E-state index < -0.39 is 0 Å². The van der Waals surface area contributed by atoms with Crippen LogP contribution in [0.2, 0.25) is 5.02 Å². The molecule has 0 fully saturated rings. The largest absolute Gasteiger partial charge is 0.332 e. The van der Waals surface area contributed by atoms with Crippen LogP contribution in [-0.4, -0.2) is 25.2 Å². The highest BCUT2D eigenvalue weighted by atomic mass is 35.5. The molecule has 3 heterocycles. The lowest BCUT2D eigenvalue weighted by molar-refractivity contribution is 0.595. The van der Waals surface area contributed by atoms with Crippen LogP contribution in [0.5, 0.6) is 0 Å². The maximum absolute atomic E-state index is 12.9. The molecule has 4 rings (SSSR count). The second kappa shape index (κ2) is 6.02. The molecule has 7 nitrogen and oxygen atoms in total. The Morgan fingerprint density at radius 3 is 2.69 bits per heavy atom. The molecule has 0 bridgehead atoms. The molecule has 0 radical (unpaired) electrons. The summed E-state index contributed by atoms with van der Waals surface area (Å²) in [5.74, 6) is 0.673. The lowest BCUT2D eigenvalue weighted by Crippen LogP contribution is -2.39. The number of halogens is 1. The van der Waals surface area contributed by atoms with E-state index in [4.69, 9.17) is 11.6 Å². The fourth-order valence-corrected chi connectivity index (χ4v) is 3.71. The van der Waals surface area contributed by atoms with Crippen molar-refractivity contribution in [2.75, 3.05) is 11.4 Å².